The molecule has 0 spiro atoms. The molecule has 0 aliphatic rings. The molecule has 0 nitrogen and oxygen atoms in total. The zero-order valence-electron chi connectivity index (χ0n) is 15.6. The molecular weight excluding hydrogens is 362 g/mol. The maximum Gasteiger partial charge on any atom is -0.0343 e. The molecule has 0 unspecified atom stereocenters. The predicted octanol–water partition coefficient (Wildman–Crippen LogP) is 7.42. The van der Waals surface area contributed by atoms with Gasteiger partial charge in [0.05, 0.1) is 0 Å². The molecule has 0 aliphatic carbocycles. The standard InChI is InChI=1S/3C4H9.3C2H5.Al.Sn/c3*1-3-4-2;3*1-2;;/h3*1,3-4H2,2H3;3*1H2,2H3;;/q;;;;;;-1;. The van der Waals surface area contributed by atoms with Crippen LogP contribution < -0.4 is 0 Å². The molecule has 0 amide bonds. The third kappa shape index (κ3) is 17.4. The first-order valence-electron chi connectivity index (χ1n) is 9.53. The van der Waals surface area contributed by atoms with Gasteiger partial charge in [0.1, 0.15) is 0 Å². The van der Waals surface area contributed by atoms with Crippen molar-refractivity contribution in [3.8, 4) is 0 Å². The fourth-order valence-corrected chi connectivity index (χ4v) is 13.7. The van der Waals surface area contributed by atoms with Crippen LogP contribution in [0.2, 0.25) is 29.2 Å². The van der Waals surface area contributed by atoms with Crippen LogP contribution in [0, 0.1) is 0 Å². The summed E-state index contributed by atoms with van der Waals surface area (Å²) in [5.74, 6) is 0. The summed E-state index contributed by atoms with van der Waals surface area (Å²) in [7, 11) is 0. The maximum atomic E-state index is 2.33. The van der Waals surface area contributed by atoms with E-state index >= 15 is 0 Å². The Hall–Kier alpha value is 1.33. The average Bonchev–Trinajstić information content (AvgIpc) is 2.49. The van der Waals surface area contributed by atoms with Crippen molar-refractivity contribution in [1.82, 2.24) is 0 Å². The second-order valence-electron chi connectivity index (χ2n) is 6.15. The molecule has 0 saturated carbocycles. The van der Waals surface area contributed by atoms with Gasteiger partial charge in [-0.3, -0.25) is 0 Å². The molecular formula is C18H42AlSn-. The fourth-order valence-electron chi connectivity index (χ4n) is 2.52. The van der Waals surface area contributed by atoms with Crippen molar-refractivity contribution in [3.05, 3.63) is 0 Å². The Morgan fingerprint density at radius 1 is 0.550 bits per heavy atom. The van der Waals surface area contributed by atoms with E-state index in [0.29, 0.717) is 0 Å². The van der Waals surface area contributed by atoms with E-state index in [0.717, 1.165) is 0 Å². The van der Waals surface area contributed by atoms with Crippen LogP contribution in [0.4, 0.5) is 0 Å². The zero-order chi connectivity index (χ0) is 15.6. The molecule has 0 aliphatic heterocycles. The molecule has 0 N–H and O–H groups in total. The summed E-state index contributed by atoms with van der Waals surface area (Å²) in [4.78, 5) is 0. The van der Waals surface area contributed by atoms with E-state index in [9.17, 15) is 0 Å². The molecule has 122 valence electrons. The number of rotatable bonds is 12. The van der Waals surface area contributed by atoms with Crippen molar-refractivity contribution in [2.75, 3.05) is 0 Å². The Morgan fingerprint density at radius 3 is 1.00 bits per heavy atom. The average molecular weight is 404 g/mol. The van der Waals surface area contributed by atoms with E-state index in [1.54, 1.807) is 13.3 Å². The van der Waals surface area contributed by atoms with E-state index in [2.05, 4.69) is 41.5 Å². The van der Waals surface area contributed by atoms with Crippen LogP contribution >= 0.6 is 0 Å². The predicted molar refractivity (Wildman–Crippen MR) is 102 cm³/mol. The summed E-state index contributed by atoms with van der Waals surface area (Å²) in [5, 5.41) is 4.48. The number of hydrogen-bond acceptors (Lipinski definition) is 0. The molecule has 0 atom stereocenters. The molecule has 2 radical (unpaired) electrons. The Bertz CT molecular complexity index is 133. The van der Waals surface area contributed by atoms with Gasteiger partial charge in [-0.2, -0.15) is 0 Å². The Kier molecular flexibility index (Phi) is 24.0. The Balaban J connectivity index is 0. The minimum Gasteiger partial charge on any atom is -0.225 e. The Labute approximate surface area is 142 Å². The normalized spacial score (nSPS) is 10.8. The van der Waals surface area contributed by atoms with Crippen LogP contribution in [0.3, 0.4) is 0 Å². The molecule has 0 bridgehead atoms. The SMILES string of the molecule is CCC[CH2][Sn]([CH2]CCC)[CH2]CCC.C[CH2][Al-]([CH2]C)[CH2]C. The van der Waals surface area contributed by atoms with Crippen molar-refractivity contribution in [2.24, 2.45) is 0 Å². The van der Waals surface area contributed by atoms with Crippen LogP contribution in [-0.4, -0.2) is 33.9 Å². The van der Waals surface area contributed by atoms with Crippen molar-refractivity contribution in [1.29, 1.82) is 0 Å². The van der Waals surface area contributed by atoms with Gasteiger partial charge in [-0.25, -0.2) is 15.8 Å². The quantitative estimate of drug-likeness (QED) is 0.297. The Morgan fingerprint density at radius 2 is 0.850 bits per heavy atom. The van der Waals surface area contributed by atoms with E-state index in [1.165, 1.54) is 54.4 Å². The van der Waals surface area contributed by atoms with Gasteiger partial charge in [-0.05, 0) is 14.1 Å². The summed E-state index contributed by atoms with van der Waals surface area (Å²) < 4.78 is 5.04. The van der Waals surface area contributed by atoms with Gasteiger partial charge in [0.15, 0.2) is 0 Å². The molecule has 0 aromatic carbocycles. The van der Waals surface area contributed by atoms with E-state index in [4.69, 9.17) is 0 Å². The van der Waals surface area contributed by atoms with Crippen molar-refractivity contribution < 1.29 is 0 Å². The second-order valence-corrected chi connectivity index (χ2v) is 18.9. The second kappa shape index (κ2) is 20.3. The number of unbranched alkanes of at least 4 members (excludes halogenated alkanes) is 3. The molecule has 0 rings (SSSR count). The summed E-state index contributed by atoms with van der Waals surface area (Å²) in [6, 6.07) is 0. The maximum absolute atomic E-state index is 2.33. The summed E-state index contributed by atoms with van der Waals surface area (Å²) >= 11 is -1.01. The fraction of sp³-hybridized carbons (Fsp3) is 1.00. The summed E-state index contributed by atoms with van der Waals surface area (Å²) in [6.07, 6.45) is 8.85. The van der Waals surface area contributed by atoms with Gasteiger partial charge < -0.3 is 0 Å². The molecule has 0 saturated heterocycles. The van der Waals surface area contributed by atoms with Crippen molar-refractivity contribution in [2.45, 2.75) is 109 Å². The van der Waals surface area contributed by atoms with E-state index in [-0.39, 0.29) is 14.1 Å². The third-order valence-corrected chi connectivity index (χ3v) is 16.9. The zero-order valence-corrected chi connectivity index (χ0v) is 19.6. The largest absolute Gasteiger partial charge is 0.225 e. The van der Waals surface area contributed by atoms with Gasteiger partial charge in [0.25, 0.3) is 0 Å². The van der Waals surface area contributed by atoms with Crippen LogP contribution in [0.1, 0.15) is 80.1 Å². The third-order valence-electron chi connectivity index (χ3n) is 4.38. The molecule has 2 heteroatoms. The van der Waals surface area contributed by atoms with Gasteiger partial charge >= 0.3 is 92.4 Å². The molecule has 0 fully saturated rings. The molecule has 20 heavy (non-hydrogen) atoms. The summed E-state index contributed by atoms with van der Waals surface area (Å²) in [6.45, 7) is 14.0. The van der Waals surface area contributed by atoms with Crippen molar-refractivity contribution >= 4 is 33.9 Å². The van der Waals surface area contributed by atoms with Crippen LogP contribution in [0.25, 0.3) is 0 Å². The first-order chi connectivity index (χ1) is 9.69. The minimum absolute atomic E-state index is 0.171. The van der Waals surface area contributed by atoms with Crippen molar-refractivity contribution in [3.63, 3.8) is 0 Å². The van der Waals surface area contributed by atoms with Gasteiger partial charge in [-0.1, -0.05) is 0 Å². The molecule has 0 aromatic rings. The van der Waals surface area contributed by atoms with Gasteiger partial charge in [0.2, 0.25) is 0 Å². The van der Waals surface area contributed by atoms with Crippen LogP contribution in [-0.2, 0) is 0 Å². The topological polar surface area (TPSA) is 0 Å². The van der Waals surface area contributed by atoms with Crippen LogP contribution in [0.5, 0.6) is 0 Å². The van der Waals surface area contributed by atoms with Gasteiger partial charge in [0, 0.05) is 0 Å². The first kappa shape index (κ1) is 23.6. The van der Waals surface area contributed by atoms with Crippen LogP contribution in [0.15, 0.2) is 0 Å². The molecule has 0 heterocycles. The summed E-state index contributed by atoms with van der Waals surface area (Å²) in [5.41, 5.74) is 0. The molecule has 0 aromatic heterocycles. The monoisotopic (exact) mass is 405 g/mol. The smallest absolute Gasteiger partial charge is 0.0343 e. The number of hydrogen-bond donors (Lipinski definition) is 0. The first-order valence-corrected chi connectivity index (χ1v) is 18.0. The van der Waals surface area contributed by atoms with E-state index in [1.807, 2.05) is 0 Å². The van der Waals surface area contributed by atoms with Gasteiger partial charge in [-0.15, -0.1) is 20.8 Å². The minimum atomic E-state index is -0.839. The van der Waals surface area contributed by atoms with E-state index < -0.39 is 19.8 Å².